The quantitative estimate of drug-likeness (QED) is 0.107. The standard InChI is InChI=1S/C114H70N8/c1-7-32-71(33-8-1)109-115-110(72-34-9-2-10-35-72)118-113(117-109)94-53-26-25-50-86(94)101-69-100-85-49-24-23-48-84(85)96-64-75(58-61-87(96)102(100)70-103(101)93-55-31-54-92-90-52-28-30-57-106(90)122(108(92)93)79-42-17-6-18-43-79)76-59-62-88(104(65-76)114-119-111(73-36-11-3-12-37-73)116-112(120-114)74-38-13-4-14-39-74)97-68-99-83-47-22-20-45-81(83)80-44-19-21-46-82(80)98(99)67-95(97)77-60-63-91-89-51-27-29-56-105(89)121(107(91)66-77)78-40-15-5-16-41-78/h1-70H. The van der Waals surface area contributed by atoms with Crippen molar-refractivity contribution in [2.24, 2.45) is 0 Å². The molecule has 20 aromatic carbocycles. The summed E-state index contributed by atoms with van der Waals surface area (Å²) in [5.41, 5.74) is 22.4. The van der Waals surface area contributed by atoms with Crippen molar-refractivity contribution in [3.05, 3.63) is 425 Å². The number of para-hydroxylation sites is 5. The SMILES string of the molecule is c1ccc(-c2nc(-c3ccccc3)nc(-c3cc(-c4ccc5c(c4)c4ccccc4c4cc(-c6ccccc6-c6nc(-c7ccccc7)nc(-c7ccccc7)n6)c(-c6cccc7c8ccccc8n(-c8ccccc8)c67)cc54)ccc3-c3cc4c5ccccc5c5ccccc5c4cc3-c3ccc4c5ccccc5n(-c5ccccc5)c4c3)n2)cc1. The minimum Gasteiger partial charge on any atom is -0.309 e. The Hall–Kier alpha value is -16.4. The van der Waals surface area contributed by atoms with Gasteiger partial charge in [-0.1, -0.05) is 346 Å². The van der Waals surface area contributed by atoms with E-state index in [9.17, 15) is 0 Å². The Labute approximate surface area is 702 Å². The van der Waals surface area contributed by atoms with Gasteiger partial charge >= 0.3 is 0 Å². The van der Waals surface area contributed by atoms with Gasteiger partial charge in [0.05, 0.1) is 22.1 Å². The lowest BCUT2D eigenvalue weighted by atomic mass is 9.84. The van der Waals surface area contributed by atoms with E-state index in [4.69, 9.17) is 29.9 Å². The van der Waals surface area contributed by atoms with Crippen molar-refractivity contribution in [2.75, 3.05) is 0 Å². The fraction of sp³-hybridized carbons (Fsp3) is 0. The Balaban J connectivity index is 0.768. The molecule has 0 atom stereocenters. The van der Waals surface area contributed by atoms with Gasteiger partial charge in [0.25, 0.3) is 0 Å². The third-order valence-electron chi connectivity index (χ3n) is 24.6. The van der Waals surface area contributed by atoms with Crippen LogP contribution in [0.1, 0.15) is 0 Å². The van der Waals surface area contributed by atoms with Gasteiger partial charge in [-0.3, -0.25) is 0 Å². The van der Waals surface area contributed by atoms with E-state index in [1.807, 2.05) is 48.5 Å². The van der Waals surface area contributed by atoms with Gasteiger partial charge < -0.3 is 9.13 Å². The molecule has 0 spiro atoms. The van der Waals surface area contributed by atoms with Crippen LogP contribution in [-0.2, 0) is 0 Å². The Morgan fingerprint density at radius 2 is 0.434 bits per heavy atom. The van der Waals surface area contributed by atoms with Crippen LogP contribution in [0.15, 0.2) is 425 Å². The number of hydrogen-bond acceptors (Lipinski definition) is 6. The highest BCUT2D eigenvalue weighted by molar-refractivity contribution is 6.29. The lowest BCUT2D eigenvalue weighted by molar-refractivity contribution is 1.07. The first-order chi connectivity index (χ1) is 60.5. The van der Waals surface area contributed by atoms with Gasteiger partial charge in [0.1, 0.15) is 0 Å². The summed E-state index contributed by atoms with van der Waals surface area (Å²) in [4.78, 5) is 32.6. The highest BCUT2D eigenvalue weighted by Crippen LogP contribution is 2.51. The molecule has 0 aliphatic carbocycles. The first-order valence-corrected chi connectivity index (χ1v) is 41.5. The van der Waals surface area contributed by atoms with Crippen molar-refractivity contribution in [1.82, 2.24) is 39.0 Å². The number of benzene rings is 20. The molecule has 0 aliphatic rings. The van der Waals surface area contributed by atoms with Crippen LogP contribution in [0.3, 0.4) is 0 Å². The lowest BCUT2D eigenvalue weighted by Crippen LogP contribution is -2.02. The number of nitrogens with zero attached hydrogens (tertiary/aromatic N) is 8. The topological polar surface area (TPSA) is 87.2 Å². The van der Waals surface area contributed by atoms with Crippen LogP contribution in [0.25, 0.3) is 244 Å². The molecule has 0 saturated carbocycles. The summed E-state index contributed by atoms with van der Waals surface area (Å²) in [6.07, 6.45) is 0. The van der Waals surface area contributed by atoms with Crippen molar-refractivity contribution in [1.29, 1.82) is 0 Å². The maximum absolute atomic E-state index is 5.65. The molecule has 8 heteroatoms. The molecule has 0 saturated heterocycles. The highest BCUT2D eigenvalue weighted by Gasteiger charge is 2.28. The second kappa shape index (κ2) is 28.7. The summed E-state index contributed by atoms with van der Waals surface area (Å²) in [5.74, 6) is 3.48. The average Bonchev–Trinajstić information content (AvgIpc) is 1.13. The molecule has 566 valence electrons. The van der Waals surface area contributed by atoms with Crippen LogP contribution < -0.4 is 0 Å². The van der Waals surface area contributed by atoms with E-state index in [2.05, 4.69) is 385 Å². The Morgan fingerprint density at radius 3 is 0.943 bits per heavy atom. The largest absolute Gasteiger partial charge is 0.309 e. The Morgan fingerprint density at radius 1 is 0.131 bits per heavy atom. The molecule has 0 unspecified atom stereocenters. The zero-order valence-electron chi connectivity index (χ0n) is 66.0. The predicted octanol–water partition coefficient (Wildman–Crippen LogP) is 29.5. The molecule has 24 aromatic rings. The second-order valence-corrected chi connectivity index (χ2v) is 31.5. The first-order valence-electron chi connectivity index (χ1n) is 41.5. The fourth-order valence-corrected chi connectivity index (χ4v) is 19.0. The normalized spacial score (nSPS) is 11.8. The molecule has 24 rings (SSSR count). The molecule has 122 heavy (non-hydrogen) atoms. The zero-order valence-corrected chi connectivity index (χ0v) is 66.0. The molecular weight excluding hydrogens is 1480 g/mol. The number of rotatable bonds is 13. The van der Waals surface area contributed by atoms with Gasteiger partial charge in [0.2, 0.25) is 0 Å². The molecule has 0 N–H and O–H groups in total. The van der Waals surface area contributed by atoms with E-state index < -0.39 is 0 Å². The third-order valence-corrected chi connectivity index (χ3v) is 24.6. The summed E-state index contributed by atoms with van der Waals surface area (Å²) in [5, 5.41) is 18.5. The minimum atomic E-state index is 0.552. The van der Waals surface area contributed by atoms with E-state index >= 15 is 0 Å². The van der Waals surface area contributed by atoms with Crippen LogP contribution in [0.2, 0.25) is 0 Å². The minimum absolute atomic E-state index is 0.552. The molecule has 0 aliphatic heterocycles. The van der Waals surface area contributed by atoms with Crippen LogP contribution in [0.5, 0.6) is 0 Å². The van der Waals surface area contributed by atoms with Crippen LogP contribution in [0, 0.1) is 0 Å². The van der Waals surface area contributed by atoms with Gasteiger partial charge in [-0.25, -0.2) is 29.9 Å². The van der Waals surface area contributed by atoms with Crippen molar-refractivity contribution < 1.29 is 0 Å². The third kappa shape index (κ3) is 11.6. The lowest BCUT2D eigenvalue weighted by Gasteiger charge is -2.20. The van der Waals surface area contributed by atoms with Crippen LogP contribution in [0.4, 0.5) is 0 Å². The van der Waals surface area contributed by atoms with Gasteiger partial charge in [0, 0.05) is 71.9 Å². The fourth-order valence-electron chi connectivity index (χ4n) is 19.0. The maximum atomic E-state index is 5.65. The molecule has 4 aromatic heterocycles. The summed E-state index contributed by atoms with van der Waals surface area (Å²) >= 11 is 0. The van der Waals surface area contributed by atoms with E-state index in [1.54, 1.807) is 0 Å². The zero-order chi connectivity index (χ0) is 80.3. The second-order valence-electron chi connectivity index (χ2n) is 31.5. The van der Waals surface area contributed by atoms with E-state index in [0.717, 1.165) is 166 Å². The van der Waals surface area contributed by atoms with Gasteiger partial charge in [-0.15, -0.1) is 0 Å². The molecular formula is C114H70N8. The molecule has 0 fully saturated rings. The van der Waals surface area contributed by atoms with E-state index in [1.165, 1.54) is 43.1 Å². The average molecular weight is 1550 g/mol. The van der Waals surface area contributed by atoms with Crippen LogP contribution in [-0.4, -0.2) is 39.0 Å². The maximum Gasteiger partial charge on any atom is 0.164 e. The molecule has 0 radical (unpaired) electrons. The molecule has 0 bridgehead atoms. The number of hydrogen-bond donors (Lipinski definition) is 0. The van der Waals surface area contributed by atoms with Crippen molar-refractivity contribution >= 4 is 108 Å². The van der Waals surface area contributed by atoms with Gasteiger partial charge in [-0.05, 0) is 194 Å². The summed E-state index contributed by atoms with van der Waals surface area (Å²) < 4.78 is 4.87. The summed E-state index contributed by atoms with van der Waals surface area (Å²) in [6, 6.07) is 153. The number of aromatic nitrogens is 8. The summed E-state index contributed by atoms with van der Waals surface area (Å²) in [6.45, 7) is 0. The van der Waals surface area contributed by atoms with E-state index in [-0.39, 0.29) is 0 Å². The van der Waals surface area contributed by atoms with Crippen molar-refractivity contribution in [3.63, 3.8) is 0 Å². The van der Waals surface area contributed by atoms with Crippen LogP contribution >= 0.6 is 0 Å². The Kier molecular flexibility index (Phi) is 16.5. The predicted molar refractivity (Wildman–Crippen MR) is 507 cm³/mol. The highest BCUT2D eigenvalue weighted by atomic mass is 15.0. The smallest absolute Gasteiger partial charge is 0.164 e. The first kappa shape index (κ1) is 69.8. The van der Waals surface area contributed by atoms with Crippen molar-refractivity contribution in [2.45, 2.75) is 0 Å². The summed E-state index contributed by atoms with van der Waals surface area (Å²) in [7, 11) is 0. The molecule has 8 nitrogen and oxygen atoms in total. The molecule has 0 amide bonds. The number of fused-ring (bicyclic) bond motifs is 18. The molecule has 4 heterocycles. The van der Waals surface area contributed by atoms with E-state index in [0.29, 0.717) is 34.9 Å². The van der Waals surface area contributed by atoms with Gasteiger partial charge in [0.15, 0.2) is 34.9 Å². The van der Waals surface area contributed by atoms with Crippen molar-refractivity contribution in [3.8, 4) is 135 Å². The van der Waals surface area contributed by atoms with Gasteiger partial charge in [-0.2, -0.15) is 0 Å². The monoisotopic (exact) mass is 1550 g/mol. The Bertz CT molecular complexity index is 8240.